The number of carbonyl (C=O) groups is 1. The number of likely N-dealkylation sites (N-methyl/N-ethyl adjacent to an activating group) is 1. The predicted octanol–water partition coefficient (Wildman–Crippen LogP) is 4.33. The molecule has 0 radical (unpaired) electrons. The Morgan fingerprint density at radius 1 is 1.30 bits per heavy atom. The molecule has 0 fully saturated rings. The monoisotopic (exact) mass is 449 g/mol. The zero-order valence-electron chi connectivity index (χ0n) is 14.4. The second-order valence-corrected chi connectivity index (χ2v) is 6.47. The van der Waals surface area contributed by atoms with Crippen molar-refractivity contribution in [3.63, 3.8) is 0 Å². The number of nitrogens with zero attached hydrogens (tertiary/aromatic N) is 3. The third-order valence-corrected chi connectivity index (χ3v) is 4.28. The van der Waals surface area contributed by atoms with Crippen molar-refractivity contribution in [2.75, 3.05) is 13.2 Å². The second-order valence-electron chi connectivity index (χ2n) is 5.62. The van der Waals surface area contributed by atoms with Crippen molar-refractivity contribution in [2.24, 2.45) is 0 Å². The Kier molecular flexibility index (Phi) is 6.74. The number of aromatic nitrogens is 2. The Labute approximate surface area is 161 Å². The maximum absolute atomic E-state index is 13.1. The van der Waals surface area contributed by atoms with Crippen LogP contribution in [-0.4, -0.2) is 40.0 Å². The van der Waals surface area contributed by atoms with Crippen LogP contribution in [0.25, 0.3) is 0 Å². The van der Waals surface area contributed by atoms with Gasteiger partial charge in [0.15, 0.2) is 0 Å². The van der Waals surface area contributed by atoms with Gasteiger partial charge in [-0.1, -0.05) is 0 Å². The Morgan fingerprint density at radius 2 is 2.00 bits per heavy atom. The highest BCUT2D eigenvalue weighted by Crippen LogP contribution is 2.29. The minimum Gasteiger partial charge on any atom is -0.475 e. The molecule has 0 aromatic carbocycles. The van der Waals surface area contributed by atoms with Crippen molar-refractivity contribution in [1.29, 1.82) is 0 Å². The van der Waals surface area contributed by atoms with Crippen molar-refractivity contribution >= 4 is 21.8 Å². The first kappa shape index (κ1) is 21.1. The van der Waals surface area contributed by atoms with Crippen molar-refractivity contribution in [3.8, 4) is 5.88 Å². The molecule has 0 N–H and O–H groups in total. The van der Waals surface area contributed by atoms with Gasteiger partial charge in [0.05, 0.1) is 22.3 Å². The summed E-state index contributed by atoms with van der Waals surface area (Å²) in [4.78, 5) is 21.5. The number of halogens is 5. The van der Waals surface area contributed by atoms with Crippen LogP contribution in [0.5, 0.6) is 5.88 Å². The van der Waals surface area contributed by atoms with E-state index in [4.69, 9.17) is 4.74 Å². The Hall–Kier alpha value is -2.23. The number of amides is 1. The van der Waals surface area contributed by atoms with E-state index >= 15 is 0 Å². The highest BCUT2D eigenvalue weighted by Gasteiger charge is 2.31. The van der Waals surface area contributed by atoms with E-state index in [1.165, 1.54) is 4.90 Å². The molecule has 1 amide bonds. The van der Waals surface area contributed by atoms with Gasteiger partial charge in [0.2, 0.25) is 5.88 Å². The third-order valence-electron chi connectivity index (χ3n) is 3.68. The van der Waals surface area contributed by atoms with Crippen molar-refractivity contribution in [1.82, 2.24) is 14.9 Å². The predicted molar refractivity (Wildman–Crippen MR) is 92.8 cm³/mol. The molecule has 5 nitrogen and oxygen atoms in total. The van der Waals surface area contributed by atoms with Crippen LogP contribution in [0.1, 0.15) is 29.9 Å². The average Bonchev–Trinajstić information content (AvgIpc) is 2.60. The van der Waals surface area contributed by atoms with Crippen molar-refractivity contribution in [2.45, 2.75) is 26.1 Å². The van der Waals surface area contributed by atoms with Crippen molar-refractivity contribution in [3.05, 3.63) is 52.1 Å². The summed E-state index contributed by atoms with van der Waals surface area (Å²) in [6.45, 7) is 3.80. The minimum atomic E-state index is -4.47. The van der Waals surface area contributed by atoms with E-state index in [1.54, 1.807) is 13.8 Å². The fourth-order valence-corrected chi connectivity index (χ4v) is 2.78. The number of ether oxygens (including phenoxy) is 1. The lowest BCUT2D eigenvalue weighted by atomic mass is 10.2. The molecule has 2 rings (SSSR count). The van der Waals surface area contributed by atoms with E-state index in [0.29, 0.717) is 12.7 Å². The summed E-state index contributed by atoms with van der Waals surface area (Å²) in [5.41, 5.74) is -0.821. The maximum Gasteiger partial charge on any atom is 0.417 e. The van der Waals surface area contributed by atoms with Crippen LogP contribution in [0.15, 0.2) is 35.1 Å². The van der Waals surface area contributed by atoms with Gasteiger partial charge in [-0.15, -0.1) is 0 Å². The first-order valence-electron chi connectivity index (χ1n) is 7.91. The number of hydrogen-bond acceptors (Lipinski definition) is 4. The molecule has 2 heterocycles. The van der Waals surface area contributed by atoms with Crippen LogP contribution in [0.3, 0.4) is 0 Å². The quantitative estimate of drug-likeness (QED) is 0.616. The summed E-state index contributed by atoms with van der Waals surface area (Å²) in [7, 11) is 0. The molecule has 0 aliphatic carbocycles. The lowest BCUT2D eigenvalue weighted by Gasteiger charge is -2.27. The zero-order chi connectivity index (χ0) is 20.2. The molecular formula is C17H16BrF4N3O2. The molecule has 0 spiro atoms. The third kappa shape index (κ3) is 5.38. The summed E-state index contributed by atoms with van der Waals surface area (Å²) < 4.78 is 56.4. The summed E-state index contributed by atoms with van der Waals surface area (Å²) >= 11 is 3.11. The van der Waals surface area contributed by atoms with Gasteiger partial charge < -0.3 is 9.64 Å². The molecule has 1 atom stereocenters. The van der Waals surface area contributed by atoms with Crippen LogP contribution in [0.2, 0.25) is 0 Å². The highest BCUT2D eigenvalue weighted by molar-refractivity contribution is 9.10. The smallest absolute Gasteiger partial charge is 0.417 e. The Bertz CT molecular complexity index is 800. The standard InChI is InChI=1S/C17H16BrF4N3O2/c1-3-25(16(26)15-13(18)6-12(19)8-24-15)10(2)9-27-14-5-4-11(7-23-14)17(20,21)22/h4-8,10H,3,9H2,1-2H3. The topological polar surface area (TPSA) is 55.3 Å². The van der Waals surface area contributed by atoms with E-state index in [-0.39, 0.29) is 22.7 Å². The molecule has 146 valence electrons. The van der Waals surface area contributed by atoms with Gasteiger partial charge in [0.1, 0.15) is 18.1 Å². The van der Waals surface area contributed by atoms with Crippen LogP contribution in [-0.2, 0) is 6.18 Å². The molecule has 2 aromatic heterocycles. The Balaban J connectivity index is 2.04. The number of rotatable bonds is 6. The Morgan fingerprint density at radius 3 is 2.52 bits per heavy atom. The van der Waals surface area contributed by atoms with Gasteiger partial charge in [-0.25, -0.2) is 14.4 Å². The van der Waals surface area contributed by atoms with Crippen LogP contribution in [0, 0.1) is 5.82 Å². The van der Waals surface area contributed by atoms with Gasteiger partial charge >= 0.3 is 6.18 Å². The molecule has 0 bridgehead atoms. The zero-order valence-corrected chi connectivity index (χ0v) is 16.0. The summed E-state index contributed by atoms with van der Waals surface area (Å²) in [6.07, 6.45) is -2.85. The van der Waals surface area contributed by atoms with E-state index < -0.39 is 29.5 Å². The fourth-order valence-electron chi connectivity index (χ4n) is 2.29. The van der Waals surface area contributed by atoms with E-state index in [1.807, 2.05) is 0 Å². The van der Waals surface area contributed by atoms with E-state index in [2.05, 4.69) is 25.9 Å². The first-order chi connectivity index (χ1) is 12.6. The molecular weight excluding hydrogens is 434 g/mol. The SMILES string of the molecule is CCN(C(=O)c1ncc(F)cc1Br)C(C)COc1ccc(C(F)(F)F)cn1. The van der Waals surface area contributed by atoms with Gasteiger partial charge in [-0.3, -0.25) is 4.79 Å². The minimum absolute atomic E-state index is 0.0107. The maximum atomic E-state index is 13.1. The van der Waals surface area contributed by atoms with Crippen LogP contribution >= 0.6 is 15.9 Å². The number of hydrogen-bond donors (Lipinski definition) is 0. The number of carbonyl (C=O) groups excluding carboxylic acids is 1. The summed E-state index contributed by atoms with van der Waals surface area (Å²) in [5.74, 6) is -0.994. The van der Waals surface area contributed by atoms with E-state index in [9.17, 15) is 22.4 Å². The van der Waals surface area contributed by atoms with Crippen LogP contribution in [0.4, 0.5) is 17.6 Å². The normalized spacial score (nSPS) is 12.6. The second kappa shape index (κ2) is 8.64. The largest absolute Gasteiger partial charge is 0.475 e. The van der Waals surface area contributed by atoms with E-state index in [0.717, 1.165) is 24.4 Å². The molecule has 27 heavy (non-hydrogen) atoms. The average molecular weight is 450 g/mol. The summed E-state index contributed by atoms with van der Waals surface area (Å²) in [6, 6.07) is 2.70. The lowest BCUT2D eigenvalue weighted by Crippen LogP contribution is -2.42. The first-order valence-corrected chi connectivity index (χ1v) is 8.70. The highest BCUT2D eigenvalue weighted by atomic mass is 79.9. The molecule has 0 saturated heterocycles. The summed E-state index contributed by atoms with van der Waals surface area (Å²) in [5, 5.41) is 0. The number of alkyl halides is 3. The molecule has 2 aromatic rings. The lowest BCUT2D eigenvalue weighted by molar-refractivity contribution is -0.137. The molecule has 0 aliphatic heterocycles. The molecule has 10 heteroatoms. The molecule has 1 unspecified atom stereocenters. The van der Waals surface area contributed by atoms with Gasteiger partial charge in [-0.05, 0) is 41.9 Å². The van der Waals surface area contributed by atoms with Gasteiger partial charge in [-0.2, -0.15) is 13.2 Å². The molecule has 0 aliphatic rings. The van der Waals surface area contributed by atoms with Gasteiger partial charge in [0, 0.05) is 18.8 Å². The van der Waals surface area contributed by atoms with Gasteiger partial charge in [0.25, 0.3) is 5.91 Å². The number of pyridine rings is 2. The molecule has 0 saturated carbocycles. The fraction of sp³-hybridized carbons (Fsp3) is 0.353. The van der Waals surface area contributed by atoms with Crippen molar-refractivity contribution < 1.29 is 27.1 Å². The van der Waals surface area contributed by atoms with Crippen LogP contribution < -0.4 is 4.74 Å².